The molecular formula is C12H22ClN3O2S. The van der Waals surface area contributed by atoms with Crippen LogP contribution >= 0.6 is 11.6 Å². The van der Waals surface area contributed by atoms with Crippen molar-refractivity contribution in [1.29, 1.82) is 0 Å². The van der Waals surface area contributed by atoms with Crippen molar-refractivity contribution < 1.29 is 8.42 Å². The summed E-state index contributed by atoms with van der Waals surface area (Å²) in [7, 11) is -3.49. The highest BCUT2D eigenvalue weighted by molar-refractivity contribution is 7.89. The number of imidazole rings is 1. The van der Waals surface area contributed by atoms with Gasteiger partial charge in [-0.15, -0.1) is 11.6 Å². The molecule has 0 bridgehead atoms. The predicted octanol–water partition coefficient (Wildman–Crippen LogP) is 2.30. The first-order chi connectivity index (χ1) is 9.03. The van der Waals surface area contributed by atoms with Gasteiger partial charge in [-0.3, -0.25) is 0 Å². The summed E-state index contributed by atoms with van der Waals surface area (Å²) < 4.78 is 26.7. The van der Waals surface area contributed by atoms with Crippen LogP contribution in [-0.4, -0.2) is 30.8 Å². The predicted molar refractivity (Wildman–Crippen MR) is 76.9 cm³/mol. The van der Waals surface area contributed by atoms with E-state index in [2.05, 4.69) is 21.6 Å². The largest absolute Gasteiger partial charge is 0.332 e. The minimum absolute atomic E-state index is 0.130. The molecule has 1 aromatic heterocycles. The Balaban J connectivity index is 2.63. The van der Waals surface area contributed by atoms with Gasteiger partial charge in [0.1, 0.15) is 5.82 Å². The molecule has 110 valence electrons. The van der Waals surface area contributed by atoms with Gasteiger partial charge in [-0.05, 0) is 18.8 Å². The number of nitrogens with zero attached hydrogens (tertiary/aromatic N) is 1. The molecule has 0 aliphatic carbocycles. The fourth-order valence-electron chi connectivity index (χ4n) is 1.88. The van der Waals surface area contributed by atoms with Gasteiger partial charge in [0.05, 0.1) is 6.20 Å². The van der Waals surface area contributed by atoms with Gasteiger partial charge in [0.2, 0.25) is 0 Å². The average Bonchev–Trinajstić information content (AvgIpc) is 2.86. The SMILES string of the molecule is CCCC(CCCl)CNS(=O)(=O)c1cnc(CC)[nH]1. The molecule has 0 saturated heterocycles. The van der Waals surface area contributed by atoms with Gasteiger partial charge in [-0.2, -0.15) is 0 Å². The number of alkyl halides is 1. The highest BCUT2D eigenvalue weighted by Gasteiger charge is 2.18. The summed E-state index contributed by atoms with van der Waals surface area (Å²) in [6.07, 6.45) is 4.85. The second kappa shape index (κ2) is 7.87. The van der Waals surface area contributed by atoms with E-state index < -0.39 is 10.0 Å². The molecule has 1 unspecified atom stereocenters. The molecule has 1 heterocycles. The van der Waals surface area contributed by atoms with Crippen LogP contribution in [0.2, 0.25) is 0 Å². The van der Waals surface area contributed by atoms with Crippen LogP contribution in [0, 0.1) is 5.92 Å². The van der Waals surface area contributed by atoms with Crippen LogP contribution in [0.3, 0.4) is 0 Å². The van der Waals surface area contributed by atoms with E-state index in [9.17, 15) is 8.42 Å². The number of H-pyrrole nitrogens is 1. The third-order valence-corrected chi connectivity index (χ3v) is 4.56. The maximum absolute atomic E-state index is 12.1. The molecular weight excluding hydrogens is 286 g/mol. The zero-order chi connectivity index (χ0) is 14.3. The van der Waals surface area contributed by atoms with Crippen molar-refractivity contribution >= 4 is 21.6 Å². The summed E-state index contributed by atoms with van der Waals surface area (Å²) in [5.41, 5.74) is 0. The molecule has 5 nitrogen and oxygen atoms in total. The molecule has 19 heavy (non-hydrogen) atoms. The number of hydrogen-bond donors (Lipinski definition) is 2. The van der Waals surface area contributed by atoms with Crippen LogP contribution < -0.4 is 4.72 Å². The van der Waals surface area contributed by atoms with Gasteiger partial charge in [0, 0.05) is 18.8 Å². The molecule has 2 N–H and O–H groups in total. The fraction of sp³-hybridized carbons (Fsp3) is 0.750. The summed E-state index contributed by atoms with van der Waals surface area (Å²) in [6, 6.07) is 0. The Hall–Kier alpha value is -0.590. The van der Waals surface area contributed by atoms with Gasteiger partial charge >= 0.3 is 0 Å². The van der Waals surface area contributed by atoms with Crippen molar-refractivity contribution in [3.8, 4) is 0 Å². The number of halogens is 1. The molecule has 0 amide bonds. The maximum atomic E-state index is 12.1. The van der Waals surface area contributed by atoms with Crippen LogP contribution in [0.25, 0.3) is 0 Å². The Bertz CT molecular complexity index is 467. The zero-order valence-corrected chi connectivity index (χ0v) is 13.0. The minimum Gasteiger partial charge on any atom is -0.332 e. The van der Waals surface area contributed by atoms with E-state index >= 15 is 0 Å². The summed E-state index contributed by atoms with van der Waals surface area (Å²) >= 11 is 5.73. The fourth-order valence-corrected chi connectivity index (χ4v) is 3.24. The van der Waals surface area contributed by atoms with E-state index in [1.54, 1.807) is 0 Å². The second-order valence-corrected chi connectivity index (χ2v) is 6.65. The Labute approximate surface area is 120 Å². The van der Waals surface area contributed by atoms with Crippen molar-refractivity contribution in [2.45, 2.75) is 44.6 Å². The molecule has 0 aliphatic rings. The average molecular weight is 308 g/mol. The van der Waals surface area contributed by atoms with E-state index in [4.69, 9.17) is 11.6 Å². The lowest BCUT2D eigenvalue weighted by molar-refractivity contribution is 0.456. The minimum atomic E-state index is -3.49. The first kappa shape index (κ1) is 16.5. The van der Waals surface area contributed by atoms with Crippen molar-refractivity contribution in [1.82, 2.24) is 14.7 Å². The smallest absolute Gasteiger partial charge is 0.257 e. The molecule has 0 fully saturated rings. The van der Waals surface area contributed by atoms with Crippen molar-refractivity contribution in [3.63, 3.8) is 0 Å². The number of rotatable bonds is 9. The molecule has 0 spiro atoms. The van der Waals surface area contributed by atoms with E-state index in [0.717, 1.165) is 19.3 Å². The number of sulfonamides is 1. The highest BCUT2D eigenvalue weighted by atomic mass is 35.5. The Kier molecular flexibility index (Phi) is 6.82. The Morgan fingerprint density at radius 2 is 2.16 bits per heavy atom. The van der Waals surface area contributed by atoms with Crippen molar-refractivity contribution in [2.24, 2.45) is 5.92 Å². The van der Waals surface area contributed by atoms with E-state index in [0.29, 0.717) is 24.7 Å². The molecule has 0 aliphatic heterocycles. The van der Waals surface area contributed by atoms with E-state index in [1.165, 1.54) is 6.20 Å². The Morgan fingerprint density at radius 1 is 1.42 bits per heavy atom. The molecule has 7 heteroatoms. The third-order valence-electron chi connectivity index (χ3n) is 3.01. The highest BCUT2D eigenvalue weighted by Crippen LogP contribution is 2.13. The van der Waals surface area contributed by atoms with Gasteiger partial charge in [-0.25, -0.2) is 18.1 Å². The number of hydrogen-bond acceptors (Lipinski definition) is 3. The van der Waals surface area contributed by atoms with Crippen molar-refractivity contribution in [3.05, 3.63) is 12.0 Å². The van der Waals surface area contributed by atoms with Gasteiger partial charge in [0.25, 0.3) is 10.0 Å². The first-order valence-corrected chi connectivity index (χ1v) is 8.64. The van der Waals surface area contributed by atoms with Crippen LogP contribution in [0.1, 0.15) is 38.9 Å². The van der Waals surface area contributed by atoms with Gasteiger partial charge in [-0.1, -0.05) is 20.3 Å². The first-order valence-electron chi connectivity index (χ1n) is 6.63. The van der Waals surface area contributed by atoms with Gasteiger partial charge in [0.15, 0.2) is 5.03 Å². The molecule has 1 aromatic rings. The van der Waals surface area contributed by atoms with Gasteiger partial charge < -0.3 is 4.98 Å². The number of aromatic amines is 1. The lowest BCUT2D eigenvalue weighted by atomic mass is 10.0. The lowest BCUT2D eigenvalue weighted by Crippen LogP contribution is -2.30. The lowest BCUT2D eigenvalue weighted by Gasteiger charge is -2.15. The molecule has 1 rings (SSSR count). The van der Waals surface area contributed by atoms with E-state index in [1.807, 2.05) is 6.92 Å². The quantitative estimate of drug-likeness (QED) is 0.687. The normalized spacial score (nSPS) is 13.6. The number of nitrogens with one attached hydrogen (secondary N) is 2. The standard InChI is InChI=1S/C12H22ClN3O2S/c1-3-5-10(6-7-13)8-15-19(17,18)12-9-14-11(4-2)16-12/h9-10,15H,3-8H2,1-2H3,(H,14,16). The van der Waals surface area contributed by atoms with Crippen LogP contribution in [-0.2, 0) is 16.4 Å². The Morgan fingerprint density at radius 3 is 2.68 bits per heavy atom. The molecule has 0 saturated carbocycles. The van der Waals surface area contributed by atoms with Crippen LogP contribution in [0.4, 0.5) is 0 Å². The summed E-state index contributed by atoms with van der Waals surface area (Å²) in [4.78, 5) is 6.81. The molecule has 1 atom stereocenters. The van der Waals surface area contributed by atoms with Crippen molar-refractivity contribution in [2.75, 3.05) is 12.4 Å². The number of aryl methyl sites for hydroxylation is 1. The number of aromatic nitrogens is 2. The maximum Gasteiger partial charge on any atom is 0.257 e. The summed E-state index contributed by atoms with van der Waals surface area (Å²) in [6.45, 7) is 4.42. The topological polar surface area (TPSA) is 74.8 Å². The van der Waals surface area contributed by atoms with E-state index in [-0.39, 0.29) is 10.9 Å². The molecule has 0 radical (unpaired) electrons. The van der Waals surface area contributed by atoms with Crippen LogP contribution in [0.5, 0.6) is 0 Å². The van der Waals surface area contributed by atoms with Crippen LogP contribution in [0.15, 0.2) is 11.2 Å². The monoisotopic (exact) mass is 307 g/mol. The molecule has 0 aromatic carbocycles. The third kappa shape index (κ3) is 5.12. The summed E-state index contributed by atoms with van der Waals surface area (Å²) in [5.74, 6) is 1.51. The zero-order valence-electron chi connectivity index (χ0n) is 11.4. The summed E-state index contributed by atoms with van der Waals surface area (Å²) in [5, 5.41) is 0.130. The second-order valence-electron chi connectivity index (χ2n) is 4.53.